The van der Waals surface area contributed by atoms with Gasteiger partial charge in [0.15, 0.2) is 0 Å². The zero-order valence-electron chi connectivity index (χ0n) is 11.7. The molecule has 4 unspecified atom stereocenters. The van der Waals surface area contributed by atoms with E-state index in [1.165, 1.54) is 0 Å². The van der Waals surface area contributed by atoms with E-state index in [4.69, 9.17) is 9.47 Å². The van der Waals surface area contributed by atoms with Crippen LogP contribution in [0.15, 0.2) is 0 Å². The monoisotopic (exact) mass is 244 g/mol. The summed E-state index contributed by atoms with van der Waals surface area (Å²) in [5, 5.41) is 9.98. The third-order valence-electron chi connectivity index (χ3n) is 3.70. The summed E-state index contributed by atoms with van der Waals surface area (Å²) in [4.78, 5) is 0. The van der Waals surface area contributed by atoms with Gasteiger partial charge in [0.05, 0.1) is 24.9 Å². The van der Waals surface area contributed by atoms with Gasteiger partial charge in [-0.2, -0.15) is 0 Å². The third-order valence-corrected chi connectivity index (χ3v) is 3.70. The smallest absolute Gasteiger partial charge is 0.0841 e. The van der Waals surface area contributed by atoms with Crippen molar-refractivity contribution in [3.63, 3.8) is 0 Å². The lowest BCUT2D eigenvalue weighted by Gasteiger charge is -2.36. The van der Waals surface area contributed by atoms with Crippen LogP contribution < -0.4 is 0 Å². The Bertz CT molecular complexity index is 206. The first-order chi connectivity index (χ1) is 8.04. The van der Waals surface area contributed by atoms with Gasteiger partial charge in [-0.15, -0.1) is 0 Å². The summed E-state index contributed by atoms with van der Waals surface area (Å²) < 4.78 is 11.3. The standard InChI is InChI=1S/C14H28O3/c1-5-16-9-11(4)17-14-8-12(10(2)3)6-7-13(14)15/h10-15H,5-9H2,1-4H3. The number of aliphatic hydroxyl groups excluding tert-OH is 1. The van der Waals surface area contributed by atoms with Crippen molar-refractivity contribution in [2.75, 3.05) is 13.2 Å². The van der Waals surface area contributed by atoms with Gasteiger partial charge in [0, 0.05) is 6.61 Å². The highest BCUT2D eigenvalue weighted by atomic mass is 16.5. The SMILES string of the molecule is CCOCC(C)OC1CC(C(C)C)CCC1O. The Morgan fingerprint density at radius 2 is 1.94 bits per heavy atom. The Morgan fingerprint density at radius 3 is 2.53 bits per heavy atom. The number of hydrogen-bond acceptors (Lipinski definition) is 3. The molecule has 1 N–H and O–H groups in total. The van der Waals surface area contributed by atoms with Gasteiger partial charge in [0.1, 0.15) is 0 Å². The number of ether oxygens (including phenoxy) is 2. The topological polar surface area (TPSA) is 38.7 Å². The molecule has 102 valence electrons. The van der Waals surface area contributed by atoms with Crippen LogP contribution in [0.4, 0.5) is 0 Å². The Labute approximate surface area is 105 Å². The van der Waals surface area contributed by atoms with E-state index in [9.17, 15) is 5.11 Å². The van der Waals surface area contributed by atoms with Crippen LogP contribution in [-0.4, -0.2) is 36.6 Å². The summed E-state index contributed by atoms with van der Waals surface area (Å²) in [5.74, 6) is 1.36. The van der Waals surface area contributed by atoms with Crippen molar-refractivity contribution < 1.29 is 14.6 Å². The van der Waals surface area contributed by atoms with Crippen LogP contribution in [0.25, 0.3) is 0 Å². The molecule has 0 aliphatic heterocycles. The van der Waals surface area contributed by atoms with Crippen molar-refractivity contribution in [1.29, 1.82) is 0 Å². The van der Waals surface area contributed by atoms with E-state index in [0.717, 1.165) is 25.9 Å². The first kappa shape index (κ1) is 14.9. The number of hydrogen-bond donors (Lipinski definition) is 1. The number of rotatable bonds is 6. The van der Waals surface area contributed by atoms with E-state index in [1.54, 1.807) is 0 Å². The molecule has 0 amide bonds. The third kappa shape index (κ3) is 4.94. The summed E-state index contributed by atoms with van der Waals surface area (Å²) in [6, 6.07) is 0. The second-order valence-electron chi connectivity index (χ2n) is 5.53. The maximum atomic E-state index is 9.98. The van der Waals surface area contributed by atoms with Crippen molar-refractivity contribution >= 4 is 0 Å². The summed E-state index contributed by atoms with van der Waals surface area (Å²) in [6.07, 6.45) is 2.74. The Morgan fingerprint density at radius 1 is 1.24 bits per heavy atom. The minimum absolute atomic E-state index is 0.00777. The summed E-state index contributed by atoms with van der Waals surface area (Å²) in [5.41, 5.74) is 0. The van der Waals surface area contributed by atoms with E-state index in [0.29, 0.717) is 18.4 Å². The lowest BCUT2D eigenvalue weighted by atomic mass is 9.79. The summed E-state index contributed by atoms with van der Waals surface area (Å²) in [7, 11) is 0. The molecule has 0 radical (unpaired) electrons. The van der Waals surface area contributed by atoms with Crippen molar-refractivity contribution in [2.24, 2.45) is 11.8 Å². The summed E-state index contributed by atoms with van der Waals surface area (Å²) in [6.45, 7) is 9.84. The molecule has 0 heterocycles. The van der Waals surface area contributed by atoms with E-state index in [-0.39, 0.29) is 18.3 Å². The van der Waals surface area contributed by atoms with E-state index in [2.05, 4.69) is 13.8 Å². The van der Waals surface area contributed by atoms with Gasteiger partial charge in [-0.1, -0.05) is 13.8 Å². The van der Waals surface area contributed by atoms with Crippen molar-refractivity contribution in [2.45, 2.75) is 65.3 Å². The van der Waals surface area contributed by atoms with Crippen LogP contribution >= 0.6 is 0 Å². The highest BCUT2D eigenvalue weighted by Gasteiger charge is 2.32. The second-order valence-corrected chi connectivity index (χ2v) is 5.53. The van der Waals surface area contributed by atoms with Crippen LogP contribution in [-0.2, 0) is 9.47 Å². The fourth-order valence-corrected chi connectivity index (χ4v) is 2.52. The molecule has 1 fully saturated rings. The van der Waals surface area contributed by atoms with Crippen molar-refractivity contribution in [1.82, 2.24) is 0 Å². The fourth-order valence-electron chi connectivity index (χ4n) is 2.52. The second kappa shape index (κ2) is 7.34. The van der Waals surface area contributed by atoms with Gasteiger partial charge >= 0.3 is 0 Å². The highest BCUT2D eigenvalue weighted by Crippen LogP contribution is 2.32. The molecule has 1 rings (SSSR count). The lowest BCUT2D eigenvalue weighted by Crippen LogP contribution is -2.40. The van der Waals surface area contributed by atoms with Gasteiger partial charge in [0.25, 0.3) is 0 Å². The zero-order valence-corrected chi connectivity index (χ0v) is 11.7. The summed E-state index contributed by atoms with van der Waals surface area (Å²) >= 11 is 0. The predicted molar refractivity (Wildman–Crippen MR) is 69.0 cm³/mol. The van der Waals surface area contributed by atoms with E-state index in [1.807, 2.05) is 13.8 Å². The maximum Gasteiger partial charge on any atom is 0.0841 e. The molecule has 0 bridgehead atoms. The van der Waals surface area contributed by atoms with Crippen LogP contribution in [0.3, 0.4) is 0 Å². The molecule has 0 aromatic heterocycles. The predicted octanol–water partition coefficient (Wildman–Crippen LogP) is 2.61. The Kier molecular flexibility index (Phi) is 6.45. The van der Waals surface area contributed by atoms with E-state index >= 15 is 0 Å². The zero-order chi connectivity index (χ0) is 12.8. The lowest BCUT2D eigenvalue weighted by molar-refractivity contribution is -0.119. The molecule has 17 heavy (non-hydrogen) atoms. The normalized spacial score (nSPS) is 31.8. The molecule has 4 atom stereocenters. The minimum atomic E-state index is -0.297. The van der Waals surface area contributed by atoms with Gasteiger partial charge in [0.2, 0.25) is 0 Å². The average Bonchev–Trinajstić information content (AvgIpc) is 2.29. The maximum absolute atomic E-state index is 9.98. The van der Waals surface area contributed by atoms with Crippen molar-refractivity contribution in [3.05, 3.63) is 0 Å². The molecule has 1 saturated carbocycles. The van der Waals surface area contributed by atoms with Gasteiger partial charge in [-0.3, -0.25) is 0 Å². The Hall–Kier alpha value is -0.120. The molecule has 3 nitrogen and oxygen atoms in total. The minimum Gasteiger partial charge on any atom is -0.390 e. The van der Waals surface area contributed by atoms with Gasteiger partial charge in [-0.05, 0) is 44.9 Å². The van der Waals surface area contributed by atoms with Gasteiger partial charge in [-0.25, -0.2) is 0 Å². The highest BCUT2D eigenvalue weighted by molar-refractivity contribution is 4.82. The van der Waals surface area contributed by atoms with Crippen LogP contribution in [0.1, 0.15) is 47.0 Å². The van der Waals surface area contributed by atoms with Crippen LogP contribution in [0.2, 0.25) is 0 Å². The number of aliphatic hydroxyl groups is 1. The molecular formula is C14H28O3. The largest absolute Gasteiger partial charge is 0.390 e. The average molecular weight is 244 g/mol. The molecule has 0 spiro atoms. The van der Waals surface area contributed by atoms with Gasteiger partial charge < -0.3 is 14.6 Å². The van der Waals surface area contributed by atoms with Crippen LogP contribution in [0.5, 0.6) is 0 Å². The molecule has 3 heteroatoms. The molecular weight excluding hydrogens is 216 g/mol. The molecule has 0 aromatic carbocycles. The van der Waals surface area contributed by atoms with Crippen LogP contribution in [0, 0.1) is 11.8 Å². The first-order valence-corrected chi connectivity index (χ1v) is 6.95. The quantitative estimate of drug-likeness (QED) is 0.780. The Balaban J connectivity index is 2.38. The first-order valence-electron chi connectivity index (χ1n) is 6.95. The van der Waals surface area contributed by atoms with Crippen molar-refractivity contribution in [3.8, 4) is 0 Å². The fraction of sp³-hybridized carbons (Fsp3) is 1.00. The molecule has 1 aliphatic rings. The molecule has 0 aromatic rings. The molecule has 0 saturated heterocycles. The molecule has 1 aliphatic carbocycles. The van der Waals surface area contributed by atoms with E-state index < -0.39 is 0 Å².